The molecule has 1 aromatic carbocycles. The molecule has 2 nitrogen and oxygen atoms in total. The van der Waals surface area contributed by atoms with Crippen LogP contribution in [0.25, 0.3) is 0 Å². The van der Waals surface area contributed by atoms with Crippen LogP contribution in [0, 0.1) is 5.92 Å². The number of hydrogen-bond donors (Lipinski definition) is 1. The molecule has 1 N–H and O–H groups in total. The van der Waals surface area contributed by atoms with E-state index in [0.717, 1.165) is 24.6 Å². The zero-order valence-electron chi connectivity index (χ0n) is 10.4. The minimum Gasteiger partial charge on any atom is -0.378 e. The van der Waals surface area contributed by atoms with E-state index in [1.807, 2.05) is 12.1 Å². The third-order valence-corrected chi connectivity index (χ3v) is 3.61. The van der Waals surface area contributed by atoms with Crippen molar-refractivity contribution < 1.29 is 4.74 Å². The monoisotopic (exact) mass is 253 g/mol. The Labute approximate surface area is 108 Å². The first-order chi connectivity index (χ1) is 8.20. The van der Waals surface area contributed by atoms with E-state index >= 15 is 0 Å². The lowest BCUT2D eigenvalue weighted by Gasteiger charge is -2.24. The topological polar surface area (TPSA) is 21.3 Å². The summed E-state index contributed by atoms with van der Waals surface area (Å²) in [6.07, 6.45) is 1.51. The molecule has 3 unspecified atom stereocenters. The lowest BCUT2D eigenvalue weighted by atomic mass is 9.91. The van der Waals surface area contributed by atoms with Crippen molar-refractivity contribution in [2.45, 2.75) is 32.4 Å². The van der Waals surface area contributed by atoms with Gasteiger partial charge in [-0.2, -0.15) is 0 Å². The quantitative estimate of drug-likeness (QED) is 0.888. The second-order valence-electron chi connectivity index (χ2n) is 4.73. The van der Waals surface area contributed by atoms with Crippen LogP contribution in [0.5, 0.6) is 0 Å². The van der Waals surface area contributed by atoms with Gasteiger partial charge in [-0.1, -0.05) is 30.7 Å². The van der Waals surface area contributed by atoms with Gasteiger partial charge in [0.1, 0.15) is 0 Å². The molecule has 0 aromatic heterocycles. The highest BCUT2D eigenvalue weighted by Crippen LogP contribution is 2.32. The maximum atomic E-state index is 5.93. The van der Waals surface area contributed by atoms with E-state index in [1.165, 1.54) is 5.56 Å². The zero-order chi connectivity index (χ0) is 12.3. The van der Waals surface area contributed by atoms with Crippen molar-refractivity contribution in [2.24, 2.45) is 5.92 Å². The average Bonchev–Trinajstić information content (AvgIpc) is 2.74. The first-order valence-electron chi connectivity index (χ1n) is 6.31. The van der Waals surface area contributed by atoms with Gasteiger partial charge in [0.2, 0.25) is 0 Å². The molecular formula is C14H20ClNO. The van der Waals surface area contributed by atoms with E-state index in [1.54, 1.807) is 0 Å². The van der Waals surface area contributed by atoms with Gasteiger partial charge in [-0.3, -0.25) is 0 Å². The summed E-state index contributed by atoms with van der Waals surface area (Å²) in [4.78, 5) is 0. The number of rotatable bonds is 4. The molecule has 0 saturated carbocycles. The maximum Gasteiger partial charge on any atom is 0.0551 e. The summed E-state index contributed by atoms with van der Waals surface area (Å²) in [5.74, 6) is 0.561. The second kappa shape index (κ2) is 5.85. The van der Waals surface area contributed by atoms with Crippen molar-refractivity contribution in [1.29, 1.82) is 0 Å². The van der Waals surface area contributed by atoms with Gasteiger partial charge < -0.3 is 10.1 Å². The summed E-state index contributed by atoms with van der Waals surface area (Å²) >= 11 is 5.93. The third kappa shape index (κ3) is 3.21. The Balaban J connectivity index is 2.13. The van der Waals surface area contributed by atoms with E-state index in [0.29, 0.717) is 18.1 Å². The molecule has 94 valence electrons. The Morgan fingerprint density at radius 1 is 1.41 bits per heavy atom. The van der Waals surface area contributed by atoms with Gasteiger partial charge >= 0.3 is 0 Å². The summed E-state index contributed by atoms with van der Waals surface area (Å²) < 4.78 is 5.67. The molecule has 3 heteroatoms. The molecule has 1 heterocycles. The molecule has 0 radical (unpaired) electrons. The summed E-state index contributed by atoms with van der Waals surface area (Å²) in [5.41, 5.74) is 1.30. The number of hydrogen-bond acceptors (Lipinski definition) is 2. The minimum absolute atomic E-state index is 0.377. The molecule has 1 saturated heterocycles. The van der Waals surface area contributed by atoms with Crippen molar-refractivity contribution in [3.63, 3.8) is 0 Å². The fourth-order valence-electron chi connectivity index (χ4n) is 2.53. The number of benzene rings is 1. The van der Waals surface area contributed by atoms with Crippen LogP contribution in [0.4, 0.5) is 0 Å². The Bertz CT molecular complexity index is 352. The molecule has 0 amide bonds. The lowest BCUT2D eigenvalue weighted by Crippen LogP contribution is -2.28. The van der Waals surface area contributed by atoms with E-state index in [4.69, 9.17) is 16.3 Å². The van der Waals surface area contributed by atoms with E-state index < -0.39 is 0 Å². The van der Waals surface area contributed by atoms with Crippen LogP contribution in [0.15, 0.2) is 24.3 Å². The van der Waals surface area contributed by atoms with Crippen molar-refractivity contribution in [3.05, 3.63) is 34.9 Å². The van der Waals surface area contributed by atoms with Gasteiger partial charge in [0, 0.05) is 17.0 Å². The number of nitrogens with one attached hydrogen (secondary N) is 1. The molecule has 1 aliphatic heterocycles. The molecule has 3 atom stereocenters. The van der Waals surface area contributed by atoms with Crippen molar-refractivity contribution in [3.8, 4) is 0 Å². The van der Waals surface area contributed by atoms with Gasteiger partial charge in [0.25, 0.3) is 0 Å². The van der Waals surface area contributed by atoms with E-state index in [-0.39, 0.29) is 0 Å². The summed E-state index contributed by atoms with van der Waals surface area (Å²) in [6, 6.07) is 8.51. The average molecular weight is 254 g/mol. The molecule has 17 heavy (non-hydrogen) atoms. The first kappa shape index (κ1) is 12.9. The number of halogens is 1. The fraction of sp³-hybridized carbons (Fsp3) is 0.571. The summed E-state index contributed by atoms with van der Waals surface area (Å²) in [6.45, 7) is 6.10. The normalized spacial score (nSPS) is 26.1. The Morgan fingerprint density at radius 3 is 2.65 bits per heavy atom. The van der Waals surface area contributed by atoms with Crippen LogP contribution in [-0.2, 0) is 4.74 Å². The summed E-state index contributed by atoms with van der Waals surface area (Å²) in [5, 5.41) is 4.35. The predicted octanol–water partition coefficient (Wildman–Crippen LogP) is 3.42. The minimum atomic E-state index is 0.377. The Hall–Kier alpha value is -0.570. The highest BCUT2D eigenvalue weighted by Gasteiger charge is 2.29. The van der Waals surface area contributed by atoms with Crippen LogP contribution in [0.3, 0.4) is 0 Å². The lowest BCUT2D eigenvalue weighted by molar-refractivity contribution is 0.117. The van der Waals surface area contributed by atoms with Gasteiger partial charge in [0.15, 0.2) is 0 Å². The van der Waals surface area contributed by atoms with Crippen LogP contribution in [0.1, 0.15) is 31.9 Å². The highest BCUT2D eigenvalue weighted by atomic mass is 35.5. The van der Waals surface area contributed by atoms with Crippen molar-refractivity contribution in [1.82, 2.24) is 5.32 Å². The predicted molar refractivity (Wildman–Crippen MR) is 71.4 cm³/mol. The van der Waals surface area contributed by atoms with Crippen LogP contribution >= 0.6 is 11.6 Å². The molecular weight excluding hydrogens is 234 g/mol. The van der Waals surface area contributed by atoms with E-state index in [2.05, 4.69) is 31.3 Å². The van der Waals surface area contributed by atoms with Gasteiger partial charge in [0.05, 0.1) is 12.7 Å². The maximum absolute atomic E-state index is 5.93. The number of ether oxygens (including phenoxy) is 1. The molecule has 1 aromatic rings. The highest BCUT2D eigenvalue weighted by molar-refractivity contribution is 6.30. The third-order valence-electron chi connectivity index (χ3n) is 3.35. The largest absolute Gasteiger partial charge is 0.378 e. The molecule has 1 fully saturated rings. The van der Waals surface area contributed by atoms with Crippen molar-refractivity contribution >= 4 is 11.6 Å². The Morgan fingerprint density at radius 2 is 2.12 bits per heavy atom. The van der Waals surface area contributed by atoms with Crippen LogP contribution < -0.4 is 5.32 Å². The summed E-state index contributed by atoms with van der Waals surface area (Å²) in [7, 11) is 0. The standard InChI is InChI=1S/C14H20ClNO/c1-3-16-14(12-8-10(2)17-9-12)11-4-6-13(15)7-5-11/h4-7,10,12,14,16H,3,8-9H2,1-2H3. The zero-order valence-corrected chi connectivity index (χ0v) is 11.2. The van der Waals surface area contributed by atoms with Gasteiger partial charge in [-0.05, 0) is 37.6 Å². The second-order valence-corrected chi connectivity index (χ2v) is 5.16. The van der Waals surface area contributed by atoms with Crippen LogP contribution in [0.2, 0.25) is 5.02 Å². The SMILES string of the molecule is CCNC(c1ccc(Cl)cc1)C1COC(C)C1. The van der Waals surface area contributed by atoms with Crippen molar-refractivity contribution in [2.75, 3.05) is 13.2 Å². The molecule has 1 aliphatic rings. The fourth-order valence-corrected chi connectivity index (χ4v) is 2.66. The van der Waals surface area contributed by atoms with Gasteiger partial charge in [-0.15, -0.1) is 0 Å². The smallest absolute Gasteiger partial charge is 0.0551 e. The molecule has 0 aliphatic carbocycles. The van der Waals surface area contributed by atoms with Crippen LogP contribution in [-0.4, -0.2) is 19.3 Å². The van der Waals surface area contributed by atoms with E-state index in [9.17, 15) is 0 Å². The molecule has 0 bridgehead atoms. The molecule has 0 spiro atoms. The Kier molecular flexibility index (Phi) is 4.43. The first-order valence-corrected chi connectivity index (χ1v) is 6.69. The molecule has 2 rings (SSSR count). The van der Waals surface area contributed by atoms with Gasteiger partial charge in [-0.25, -0.2) is 0 Å².